The van der Waals surface area contributed by atoms with Crippen LogP contribution in [0.5, 0.6) is 0 Å². The summed E-state index contributed by atoms with van der Waals surface area (Å²) in [6, 6.07) is 0.0746. The smallest absolute Gasteiger partial charge is 0.359 e. The van der Waals surface area contributed by atoms with E-state index in [1.54, 1.807) is 0 Å². The fraction of sp³-hybridized carbons (Fsp3) is 0.667. The highest BCUT2D eigenvalue weighted by molar-refractivity contribution is 6.32. The Morgan fingerprint density at radius 2 is 2.00 bits per heavy atom. The fourth-order valence-corrected chi connectivity index (χ4v) is 3.32. The van der Waals surface area contributed by atoms with Gasteiger partial charge in [-0.05, 0) is 39.5 Å². The monoisotopic (exact) mass is 383 g/mol. The summed E-state index contributed by atoms with van der Waals surface area (Å²) in [5.74, 6) is -0.195. The van der Waals surface area contributed by atoms with Crippen molar-refractivity contribution in [1.82, 2.24) is 9.97 Å². The molecule has 0 aliphatic heterocycles. The minimum Gasteiger partial charge on any atom is -0.464 e. The number of rotatable bonds is 5. The van der Waals surface area contributed by atoms with Gasteiger partial charge in [-0.25, -0.2) is 14.8 Å². The maximum absolute atomic E-state index is 12.2. The van der Waals surface area contributed by atoms with Gasteiger partial charge in [-0.15, -0.1) is 0 Å². The van der Waals surface area contributed by atoms with Crippen LogP contribution in [0.1, 0.15) is 63.4 Å². The predicted molar refractivity (Wildman–Crippen MR) is 98.2 cm³/mol. The summed E-state index contributed by atoms with van der Waals surface area (Å²) in [5, 5.41) is 3.29. The molecule has 1 heterocycles. The van der Waals surface area contributed by atoms with Crippen molar-refractivity contribution in [2.24, 2.45) is 5.92 Å². The number of carbonyl (C=O) groups is 2. The van der Waals surface area contributed by atoms with E-state index in [1.807, 2.05) is 20.8 Å². The normalized spacial score (nSPS) is 20.3. The number of esters is 2. The Balaban J connectivity index is 2.05. The maximum Gasteiger partial charge on any atom is 0.359 e. The first kappa shape index (κ1) is 20.4. The molecular weight excluding hydrogens is 358 g/mol. The molecule has 2 atom stereocenters. The summed E-state index contributed by atoms with van der Waals surface area (Å²) in [6.45, 7) is 5.59. The van der Waals surface area contributed by atoms with E-state index in [0.717, 1.165) is 25.7 Å². The Morgan fingerprint density at radius 3 is 2.62 bits per heavy atom. The van der Waals surface area contributed by atoms with Gasteiger partial charge < -0.3 is 14.8 Å². The van der Waals surface area contributed by atoms with Crippen LogP contribution in [0.4, 0.5) is 5.82 Å². The van der Waals surface area contributed by atoms with Crippen molar-refractivity contribution < 1.29 is 19.1 Å². The summed E-state index contributed by atoms with van der Waals surface area (Å²) >= 11 is 6.03. The van der Waals surface area contributed by atoms with E-state index in [-0.39, 0.29) is 28.8 Å². The first-order valence-electron chi connectivity index (χ1n) is 8.79. The molecule has 1 saturated carbocycles. The lowest BCUT2D eigenvalue weighted by molar-refractivity contribution is -0.156. The van der Waals surface area contributed by atoms with Crippen LogP contribution in [0, 0.1) is 5.92 Å². The molecule has 7 nitrogen and oxygen atoms in total. The quantitative estimate of drug-likeness (QED) is 0.776. The van der Waals surface area contributed by atoms with E-state index < -0.39 is 11.6 Å². The second-order valence-corrected chi connectivity index (χ2v) is 7.83. The molecule has 26 heavy (non-hydrogen) atoms. The van der Waals surface area contributed by atoms with Gasteiger partial charge in [-0.1, -0.05) is 24.4 Å². The zero-order chi connectivity index (χ0) is 19.3. The van der Waals surface area contributed by atoms with Crippen LogP contribution in [-0.2, 0) is 14.3 Å². The van der Waals surface area contributed by atoms with Crippen molar-refractivity contribution in [3.8, 4) is 0 Å². The van der Waals surface area contributed by atoms with Crippen LogP contribution in [0.3, 0.4) is 0 Å². The van der Waals surface area contributed by atoms with Gasteiger partial charge in [0.15, 0.2) is 10.8 Å². The molecule has 0 saturated heterocycles. The van der Waals surface area contributed by atoms with Crippen LogP contribution >= 0.6 is 11.6 Å². The molecule has 0 aromatic carbocycles. The van der Waals surface area contributed by atoms with Crippen LogP contribution in [0.25, 0.3) is 0 Å². The first-order chi connectivity index (χ1) is 12.2. The lowest BCUT2D eigenvalue weighted by Crippen LogP contribution is -2.35. The van der Waals surface area contributed by atoms with Crippen molar-refractivity contribution in [2.45, 2.75) is 64.5 Å². The third-order valence-electron chi connectivity index (χ3n) is 4.20. The van der Waals surface area contributed by atoms with E-state index in [4.69, 9.17) is 16.3 Å². The summed E-state index contributed by atoms with van der Waals surface area (Å²) < 4.78 is 10.1. The number of anilines is 1. The SMILES string of the molecule is COC(=O)c1ncc(N[C@@H]2CCCC[C@@H]2CC(=O)OC(C)(C)C)nc1Cl. The second kappa shape index (κ2) is 8.66. The minimum atomic E-state index is -0.630. The zero-order valence-electron chi connectivity index (χ0n) is 15.7. The second-order valence-electron chi connectivity index (χ2n) is 7.47. The highest BCUT2D eigenvalue weighted by atomic mass is 35.5. The number of carbonyl (C=O) groups excluding carboxylic acids is 2. The number of hydrogen-bond donors (Lipinski definition) is 1. The topological polar surface area (TPSA) is 90.4 Å². The van der Waals surface area contributed by atoms with Gasteiger partial charge in [-0.2, -0.15) is 0 Å². The number of hydrogen-bond acceptors (Lipinski definition) is 7. The third kappa shape index (κ3) is 5.83. The average molecular weight is 384 g/mol. The molecule has 1 fully saturated rings. The number of nitrogens with one attached hydrogen (secondary N) is 1. The molecule has 8 heteroatoms. The Morgan fingerprint density at radius 1 is 1.31 bits per heavy atom. The van der Waals surface area contributed by atoms with Crippen molar-refractivity contribution >= 4 is 29.4 Å². The number of aromatic nitrogens is 2. The molecule has 1 aromatic heterocycles. The lowest BCUT2D eigenvalue weighted by atomic mass is 9.82. The predicted octanol–water partition coefficient (Wildman–Crippen LogP) is 3.62. The first-order valence-corrected chi connectivity index (χ1v) is 9.16. The Bertz CT molecular complexity index is 660. The third-order valence-corrected chi connectivity index (χ3v) is 4.46. The van der Waals surface area contributed by atoms with Crippen molar-refractivity contribution in [3.05, 3.63) is 17.0 Å². The van der Waals surface area contributed by atoms with Crippen LogP contribution in [0.2, 0.25) is 5.15 Å². The standard InChI is InChI=1S/C18H26ClN3O4/c1-18(2,3)26-14(23)9-11-7-5-6-8-12(11)21-13-10-20-15(16(19)22-13)17(24)25-4/h10-12H,5-9H2,1-4H3,(H,21,22)/t11-,12-/m1/s1. The van der Waals surface area contributed by atoms with Gasteiger partial charge >= 0.3 is 11.9 Å². The van der Waals surface area contributed by atoms with Crippen molar-refractivity contribution in [2.75, 3.05) is 12.4 Å². The van der Waals surface area contributed by atoms with Gasteiger partial charge in [0, 0.05) is 6.04 Å². The highest BCUT2D eigenvalue weighted by Crippen LogP contribution is 2.30. The Labute approximate surface area is 158 Å². The van der Waals surface area contributed by atoms with Crippen LogP contribution in [0.15, 0.2) is 6.20 Å². The lowest BCUT2D eigenvalue weighted by Gasteiger charge is -2.32. The number of nitrogens with zero attached hydrogens (tertiary/aromatic N) is 2. The molecule has 1 aliphatic carbocycles. The number of methoxy groups -OCH3 is 1. The fourth-order valence-electron chi connectivity index (χ4n) is 3.10. The van der Waals surface area contributed by atoms with Gasteiger partial charge in [0.2, 0.25) is 0 Å². The molecule has 144 valence electrons. The largest absolute Gasteiger partial charge is 0.464 e. The summed E-state index contributed by atoms with van der Waals surface area (Å²) in [6.07, 6.45) is 5.83. The average Bonchev–Trinajstić information content (AvgIpc) is 2.54. The van der Waals surface area contributed by atoms with E-state index in [0.29, 0.717) is 12.2 Å². The summed E-state index contributed by atoms with van der Waals surface area (Å²) in [4.78, 5) is 31.9. The van der Waals surface area contributed by atoms with Crippen LogP contribution < -0.4 is 5.32 Å². The molecule has 2 rings (SSSR count). The molecule has 1 aromatic rings. The number of halogens is 1. The molecule has 0 amide bonds. The summed E-state index contributed by atoms with van der Waals surface area (Å²) in [5.41, 5.74) is -0.508. The highest BCUT2D eigenvalue weighted by Gasteiger charge is 2.29. The van der Waals surface area contributed by atoms with Gasteiger partial charge in [0.1, 0.15) is 11.4 Å². The number of ether oxygens (including phenoxy) is 2. The minimum absolute atomic E-state index is 0.0126. The van der Waals surface area contributed by atoms with E-state index in [9.17, 15) is 9.59 Å². The summed E-state index contributed by atoms with van der Waals surface area (Å²) in [7, 11) is 1.26. The van der Waals surface area contributed by atoms with Gasteiger partial charge in [0.25, 0.3) is 0 Å². The Hall–Kier alpha value is -1.89. The maximum atomic E-state index is 12.2. The molecular formula is C18H26ClN3O4. The molecule has 1 aliphatic rings. The van der Waals surface area contributed by atoms with Gasteiger partial charge in [-0.3, -0.25) is 4.79 Å². The van der Waals surface area contributed by atoms with Gasteiger partial charge in [0.05, 0.1) is 19.7 Å². The van der Waals surface area contributed by atoms with Crippen molar-refractivity contribution in [1.29, 1.82) is 0 Å². The molecule has 0 unspecified atom stereocenters. The Kier molecular flexibility index (Phi) is 6.81. The molecule has 1 N–H and O–H groups in total. The molecule has 0 spiro atoms. The zero-order valence-corrected chi connectivity index (χ0v) is 16.4. The van der Waals surface area contributed by atoms with Crippen molar-refractivity contribution in [3.63, 3.8) is 0 Å². The van der Waals surface area contributed by atoms with Crippen LogP contribution in [-0.4, -0.2) is 40.7 Å². The molecule has 0 bridgehead atoms. The van der Waals surface area contributed by atoms with E-state index >= 15 is 0 Å². The van der Waals surface area contributed by atoms with E-state index in [2.05, 4.69) is 20.0 Å². The molecule has 0 radical (unpaired) electrons. The van der Waals surface area contributed by atoms with E-state index in [1.165, 1.54) is 13.3 Å².